The Morgan fingerprint density at radius 3 is 2.45 bits per heavy atom. The van der Waals surface area contributed by atoms with Gasteiger partial charge in [0.25, 0.3) is 0 Å². The van der Waals surface area contributed by atoms with Crippen LogP contribution in [-0.2, 0) is 24.8 Å². The Bertz CT molecular complexity index is 607. The molecule has 0 spiro atoms. The first kappa shape index (κ1) is 27.8. The Labute approximate surface area is 196 Å². The van der Waals surface area contributed by atoms with Gasteiger partial charge in [0.1, 0.15) is 5.75 Å². The minimum absolute atomic E-state index is 0.0414. The molecule has 0 fully saturated rings. The molecule has 31 heavy (non-hydrogen) atoms. The van der Waals surface area contributed by atoms with Gasteiger partial charge in [-0.05, 0) is 24.3 Å². The fourth-order valence-corrected chi connectivity index (χ4v) is 4.80. The number of rotatable bonds is 17. The summed E-state index contributed by atoms with van der Waals surface area (Å²) in [7, 11) is 1.75. The molecule has 1 aromatic rings. The Kier molecular flexibility index (Phi) is 14.0. The third-order valence-electron chi connectivity index (χ3n) is 5.57. The number of nitrogens with two attached hydrogens (primary N) is 1. The van der Waals surface area contributed by atoms with E-state index in [9.17, 15) is 4.79 Å². The van der Waals surface area contributed by atoms with Crippen LogP contribution in [0.3, 0.4) is 0 Å². The van der Waals surface area contributed by atoms with Gasteiger partial charge in [0.2, 0.25) is 0 Å². The van der Waals surface area contributed by atoms with Gasteiger partial charge in [-0.25, -0.2) is 0 Å². The topological polar surface area (TPSA) is 73.6 Å². The number of methoxy groups -OCH3 is 1. The summed E-state index contributed by atoms with van der Waals surface area (Å²) in [4.78, 5) is 12.8. The summed E-state index contributed by atoms with van der Waals surface area (Å²) in [6.07, 6.45) is 7.55. The summed E-state index contributed by atoms with van der Waals surface area (Å²) in [6.45, 7) is 9.10. The molecule has 5 nitrogen and oxygen atoms in total. The quantitative estimate of drug-likeness (QED) is 0.220. The number of benzene rings is 1. The minimum Gasteiger partial charge on any atom is -0.494 e. The maximum absolute atomic E-state index is 12.8. The number of hydrogen-bond donors (Lipinski definition) is 2. The average Bonchev–Trinajstić information content (AvgIpc) is 2.74. The molecule has 2 atom stereocenters. The standard InChI is InChI=1S/C22H37N2O3.C3H7.Cr/c1-6-20(26-5)17(2)24-21(25)22(3,4)15-9-7-8-10-16-27-19-13-11-18(23)12-14-19;1-3-2;/h11-14,17,20H,1,6-10,15-16,23H2,2-5H3,(H,24,25);1,3H2,2H3;. The molecule has 0 bridgehead atoms. The van der Waals surface area contributed by atoms with Crippen molar-refractivity contribution in [2.24, 2.45) is 5.41 Å². The number of amides is 1. The summed E-state index contributed by atoms with van der Waals surface area (Å²) in [5, 5.41) is 5.75. The van der Waals surface area contributed by atoms with Crippen LogP contribution in [0.5, 0.6) is 5.75 Å². The monoisotopic (exact) mass is 472 g/mol. The van der Waals surface area contributed by atoms with Gasteiger partial charge in [0.05, 0.1) is 6.61 Å². The van der Waals surface area contributed by atoms with Gasteiger partial charge in [-0.15, -0.1) is 0 Å². The number of nitrogen functional groups attached to an aromatic ring is 1. The van der Waals surface area contributed by atoms with E-state index in [4.69, 9.17) is 15.2 Å². The third-order valence-corrected chi connectivity index (χ3v) is 7.48. The van der Waals surface area contributed by atoms with Crippen molar-refractivity contribution in [3.8, 4) is 5.75 Å². The number of anilines is 1. The summed E-state index contributed by atoms with van der Waals surface area (Å²) in [5.74, 6) is 0.995. The van der Waals surface area contributed by atoms with Crippen LogP contribution in [0.15, 0.2) is 24.3 Å². The molecule has 0 aliphatic heterocycles. The van der Waals surface area contributed by atoms with Crippen LogP contribution in [0.4, 0.5) is 5.69 Å². The molecule has 6 heteroatoms. The summed E-state index contributed by atoms with van der Waals surface area (Å²) < 4.78 is 11.4. The van der Waals surface area contributed by atoms with E-state index in [1.807, 2.05) is 38.1 Å². The molecule has 1 aromatic carbocycles. The summed E-state index contributed by atoms with van der Waals surface area (Å²) >= 11 is 0.689. The van der Waals surface area contributed by atoms with E-state index >= 15 is 0 Å². The van der Waals surface area contributed by atoms with E-state index in [1.54, 1.807) is 7.11 Å². The number of ether oxygens (including phenoxy) is 2. The molecule has 0 saturated carbocycles. The molecule has 0 radical (unpaired) electrons. The van der Waals surface area contributed by atoms with E-state index in [0.29, 0.717) is 21.8 Å². The van der Waals surface area contributed by atoms with Crippen LogP contribution in [0.1, 0.15) is 72.6 Å². The van der Waals surface area contributed by atoms with Crippen LogP contribution in [0.2, 0.25) is 10.6 Å². The molecule has 2 unspecified atom stereocenters. The minimum atomic E-state index is -0.362. The van der Waals surface area contributed by atoms with Crippen molar-refractivity contribution in [3.05, 3.63) is 24.3 Å². The van der Waals surface area contributed by atoms with Crippen LogP contribution >= 0.6 is 0 Å². The van der Waals surface area contributed by atoms with Crippen molar-refractivity contribution in [3.63, 3.8) is 0 Å². The maximum atomic E-state index is 12.8. The van der Waals surface area contributed by atoms with Crippen molar-refractivity contribution < 1.29 is 29.5 Å². The zero-order valence-electron chi connectivity index (χ0n) is 20.2. The second kappa shape index (κ2) is 15.6. The van der Waals surface area contributed by atoms with Crippen molar-refractivity contribution in [2.75, 3.05) is 19.5 Å². The Morgan fingerprint density at radius 1 is 1.13 bits per heavy atom. The fourth-order valence-electron chi connectivity index (χ4n) is 3.40. The average molecular weight is 473 g/mol. The fraction of sp³-hybridized carbons (Fsp3) is 0.720. The SMILES string of the molecule is CC[CH2][Cr][CH2]CC(OC)C(C)NC(=O)C(C)(C)CCCCCCOc1ccc(N)cc1. The predicted octanol–water partition coefficient (Wildman–Crippen LogP) is 5.86. The predicted molar refractivity (Wildman–Crippen MR) is 126 cm³/mol. The van der Waals surface area contributed by atoms with Crippen molar-refractivity contribution >= 4 is 11.6 Å². The van der Waals surface area contributed by atoms with Crippen molar-refractivity contribution in [2.45, 2.75) is 95.4 Å². The van der Waals surface area contributed by atoms with Crippen LogP contribution in [0, 0.1) is 5.41 Å². The number of hydrogen-bond acceptors (Lipinski definition) is 4. The molecule has 0 aliphatic carbocycles. The second-order valence-corrected chi connectivity index (χ2v) is 10.8. The molecular weight excluding hydrogens is 428 g/mol. The van der Waals surface area contributed by atoms with E-state index in [1.165, 1.54) is 17.0 Å². The summed E-state index contributed by atoms with van der Waals surface area (Å²) in [6, 6.07) is 7.55. The molecule has 3 N–H and O–H groups in total. The number of carbonyl (C=O) groups excluding carboxylic acids is 1. The smallest absolute Gasteiger partial charge is 0.494 e. The Hall–Kier alpha value is -1.22. The van der Waals surface area contributed by atoms with Crippen LogP contribution < -0.4 is 15.8 Å². The zero-order valence-corrected chi connectivity index (χ0v) is 21.5. The van der Waals surface area contributed by atoms with Gasteiger partial charge < -0.3 is 10.5 Å². The zero-order chi connectivity index (χ0) is 23.1. The normalized spacial score (nSPS) is 13.6. The van der Waals surface area contributed by atoms with Crippen LogP contribution in [-0.4, -0.2) is 31.8 Å². The first-order valence-electron chi connectivity index (χ1n) is 11.7. The molecule has 0 heterocycles. The Morgan fingerprint density at radius 2 is 1.81 bits per heavy atom. The molecule has 0 aliphatic rings. The van der Waals surface area contributed by atoms with E-state index in [2.05, 4.69) is 19.2 Å². The number of unbranched alkanes of at least 4 members (excludes halogenated alkanes) is 3. The summed E-state index contributed by atoms with van der Waals surface area (Å²) in [5.41, 5.74) is 6.07. The van der Waals surface area contributed by atoms with Crippen molar-refractivity contribution in [1.82, 2.24) is 5.32 Å². The van der Waals surface area contributed by atoms with Gasteiger partial charge in [0, 0.05) is 5.69 Å². The van der Waals surface area contributed by atoms with Gasteiger partial charge in [-0.3, -0.25) is 0 Å². The first-order chi connectivity index (χ1) is 14.8. The molecule has 0 saturated heterocycles. The van der Waals surface area contributed by atoms with Gasteiger partial charge in [0.15, 0.2) is 0 Å². The van der Waals surface area contributed by atoms with Gasteiger partial charge in [-0.2, -0.15) is 0 Å². The van der Waals surface area contributed by atoms with Gasteiger partial charge in [-0.1, -0.05) is 0 Å². The molecular formula is C25H44CrN2O3. The molecule has 1 rings (SSSR count). The number of nitrogens with one attached hydrogen (secondary N) is 1. The molecule has 0 aromatic heterocycles. The third kappa shape index (κ3) is 11.8. The van der Waals surface area contributed by atoms with E-state index < -0.39 is 0 Å². The second-order valence-electron chi connectivity index (χ2n) is 8.90. The van der Waals surface area contributed by atoms with Crippen molar-refractivity contribution in [1.29, 1.82) is 0 Å². The Balaban J connectivity index is 2.22. The molecule has 178 valence electrons. The van der Waals surface area contributed by atoms with Crippen LogP contribution in [0.25, 0.3) is 0 Å². The van der Waals surface area contributed by atoms with E-state index in [0.717, 1.165) is 50.0 Å². The van der Waals surface area contributed by atoms with E-state index in [-0.39, 0.29) is 23.5 Å². The number of carbonyl (C=O) groups is 1. The van der Waals surface area contributed by atoms with Gasteiger partial charge >= 0.3 is 144 Å². The molecule has 1 amide bonds. The first-order valence-corrected chi connectivity index (χ1v) is 13.5.